The third-order valence-corrected chi connectivity index (χ3v) is 10.7. The van der Waals surface area contributed by atoms with Gasteiger partial charge in [0.15, 0.2) is 0 Å². The largest absolute Gasteiger partial charge is 0.550 e. The number of nitrogens with zero attached hydrogens (tertiary/aromatic N) is 4. The van der Waals surface area contributed by atoms with E-state index in [4.69, 9.17) is 4.84 Å². The molecule has 1 aromatic carbocycles. The highest BCUT2D eigenvalue weighted by atomic mass is 79.9. The molecule has 0 atom stereocenters. The quantitative estimate of drug-likeness (QED) is 0.0692. The first-order valence-corrected chi connectivity index (χ1v) is 19.2. The van der Waals surface area contributed by atoms with Crippen molar-refractivity contribution in [3.05, 3.63) is 63.4 Å². The Balaban J connectivity index is 0.000000425. The van der Waals surface area contributed by atoms with Crippen molar-refractivity contribution < 1.29 is 29.5 Å². The molecule has 1 amide bonds. The molecule has 2 aliphatic heterocycles. The number of piperidine rings is 2. The number of likely N-dealkylation sites (tertiary alicyclic amines) is 2. The number of aromatic nitrogens is 1. The molecule has 2 saturated heterocycles. The number of hydrogen-bond donors (Lipinski definition) is 1. The first-order chi connectivity index (χ1) is 23.5. The first-order valence-electron chi connectivity index (χ1n) is 18.4. The standard InChI is InChI=1S/C28H38BrN4O3.C11H22O2/c1-5-36-30-26(22-6-8-24(29)9-7-22)23-11-15-32(16-12-23)28(4)13-18-31(19-14-28)27(34)25-20(2)10-17-33(35)21(25)3;1-2-3-4-5-6-7-8-9-10-11(12)13/h6-10,17,23,35H,5,11-16,18-19H2,1-4H3;2-10H2,1H3,(H,12,13)/q+1;/p-1/b30-26-;. The van der Waals surface area contributed by atoms with Crippen LogP contribution in [0, 0.1) is 19.8 Å². The van der Waals surface area contributed by atoms with Crippen molar-refractivity contribution >= 4 is 33.5 Å². The Labute approximate surface area is 302 Å². The molecule has 4 rings (SSSR count). The fourth-order valence-electron chi connectivity index (χ4n) is 6.98. The SMILES string of the molecule is CCCCCCCCCCC(=O)[O-].CCO/N=C(/c1ccc(Br)cc1)C1CCN(C2(C)CCN(C(=O)c3c(C)cc[n+](O)c3C)CC2)CC1. The number of amides is 1. The van der Waals surface area contributed by atoms with Crippen LogP contribution in [0.1, 0.15) is 131 Å². The summed E-state index contributed by atoms with van der Waals surface area (Å²) in [6.45, 7) is 14.3. The lowest BCUT2D eigenvalue weighted by Gasteiger charge is -2.49. The highest BCUT2D eigenvalue weighted by Gasteiger charge is 2.40. The smallest absolute Gasteiger partial charge is 0.260 e. The van der Waals surface area contributed by atoms with E-state index in [1.807, 2.05) is 18.7 Å². The van der Waals surface area contributed by atoms with Crippen molar-refractivity contribution in [1.82, 2.24) is 9.80 Å². The van der Waals surface area contributed by atoms with Crippen LogP contribution >= 0.6 is 15.9 Å². The second-order valence-electron chi connectivity index (χ2n) is 13.9. The fourth-order valence-corrected chi connectivity index (χ4v) is 7.24. The van der Waals surface area contributed by atoms with Crippen molar-refractivity contribution in [1.29, 1.82) is 0 Å². The van der Waals surface area contributed by atoms with Gasteiger partial charge in [0.25, 0.3) is 5.91 Å². The van der Waals surface area contributed by atoms with Crippen LogP contribution in [-0.2, 0) is 9.63 Å². The molecule has 0 bridgehead atoms. The highest BCUT2D eigenvalue weighted by molar-refractivity contribution is 9.10. The third kappa shape index (κ3) is 12.4. The Hall–Kier alpha value is -2.98. The van der Waals surface area contributed by atoms with Crippen LogP contribution in [0.25, 0.3) is 0 Å². The second-order valence-corrected chi connectivity index (χ2v) is 14.8. The lowest BCUT2D eigenvalue weighted by atomic mass is 9.82. The van der Waals surface area contributed by atoms with Gasteiger partial charge in [0, 0.05) is 52.7 Å². The molecule has 2 fully saturated rings. The average molecular weight is 744 g/mol. The summed E-state index contributed by atoms with van der Waals surface area (Å²) >= 11 is 3.52. The Bertz CT molecular complexity index is 1350. The molecule has 3 heterocycles. The van der Waals surface area contributed by atoms with Crippen LogP contribution in [0.4, 0.5) is 0 Å². The van der Waals surface area contributed by atoms with Crippen molar-refractivity contribution in [2.45, 2.75) is 124 Å². The maximum absolute atomic E-state index is 13.3. The van der Waals surface area contributed by atoms with Crippen LogP contribution in [0.5, 0.6) is 0 Å². The number of benzene rings is 1. The van der Waals surface area contributed by atoms with Gasteiger partial charge in [0.1, 0.15) is 12.2 Å². The summed E-state index contributed by atoms with van der Waals surface area (Å²) < 4.78 is 2.10. The molecule has 49 heavy (non-hydrogen) atoms. The number of pyridine rings is 1. The molecule has 2 aliphatic rings. The van der Waals surface area contributed by atoms with Crippen molar-refractivity contribution in [3.8, 4) is 0 Å². The number of carboxylic acid groups (broad SMARTS) is 1. The summed E-state index contributed by atoms with van der Waals surface area (Å²) in [5, 5.41) is 24.6. The van der Waals surface area contributed by atoms with E-state index in [2.05, 4.69) is 64.1 Å². The van der Waals surface area contributed by atoms with Gasteiger partial charge in [-0.2, -0.15) is 0 Å². The number of carbonyl (C=O) groups is 2. The van der Waals surface area contributed by atoms with Gasteiger partial charge in [0.05, 0.1) is 5.71 Å². The summed E-state index contributed by atoms with van der Waals surface area (Å²) in [6.07, 6.45) is 15.3. The minimum absolute atomic E-state index is 0.0143. The molecule has 9 nitrogen and oxygen atoms in total. The van der Waals surface area contributed by atoms with Gasteiger partial charge in [-0.3, -0.25) is 14.9 Å². The van der Waals surface area contributed by atoms with E-state index < -0.39 is 5.97 Å². The van der Waals surface area contributed by atoms with Crippen LogP contribution < -0.4 is 9.84 Å². The molecule has 1 aromatic heterocycles. The van der Waals surface area contributed by atoms with Gasteiger partial charge in [-0.05, 0) is 95.6 Å². The van der Waals surface area contributed by atoms with E-state index in [1.165, 1.54) is 38.5 Å². The first kappa shape index (κ1) is 40.4. The average Bonchev–Trinajstić information content (AvgIpc) is 3.09. The topological polar surface area (TPSA) is 109 Å². The summed E-state index contributed by atoms with van der Waals surface area (Å²) in [7, 11) is 0. The van der Waals surface area contributed by atoms with Gasteiger partial charge < -0.3 is 19.6 Å². The molecular weight excluding hydrogens is 684 g/mol. The fraction of sp³-hybridized carbons (Fsp3) is 0.641. The molecule has 0 aliphatic carbocycles. The number of aryl methyl sites for hydroxylation is 1. The molecule has 272 valence electrons. The number of rotatable bonds is 15. The highest BCUT2D eigenvalue weighted by Crippen LogP contribution is 2.34. The normalized spacial score (nSPS) is 16.9. The second kappa shape index (κ2) is 20.6. The molecule has 0 saturated carbocycles. The summed E-state index contributed by atoms with van der Waals surface area (Å²) in [4.78, 5) is 33.4. The summed E-state index contributed by atoms with van der Waals surface area (Å²) in [5.74, 6) is -0.528. The van der Waals surface area contributed by atoms with E-state index in [9.17, 15) is 19.9 Å². The zero-order valence-electron chi connectivity index (χ0n) is 30.5. The predicted octanol–water partition coefficient (Wildman–Crippen LogP) is 7.01. The van der Waals surface area contributed by atoms with E-state index in [1.54, 1.807) is 19.2 Å². The van der Waals surface area contributed by atoms with E-state index in [-0.39, 0.29) is 17.9 Å². The Morgan fingerprint density at radius 1 is 0.959 bits per heavy atom. The molecule has 0 radical (unpaired) electrons. The van der Waals surface area contributed by atoms with Crippen LogP contribution in [-0.4, -0.2) is 70.9 Å². The summed E-state index contributed by atoms with van der Waals surface area (Å²) in [6, 6.07) is 10.1. The van der Waals surface area contributed by atoms with Gasteiger partial charge in [0.2, 0.25) is 11.9 Å². The molecular formula is C39H59BrN4O5. The monoisotopic (exact) mass is 742 g/mol. The number of halogens is 1. The molecule has 0 unspecified atom stereocenters. The number of aliphatic carboxylic acids is 1. The Morgan fingerprint density at radius 2 is 1.55 bits per heavy atom. The lowest BCUT2D eigenvalue weighted by molar-refractivity contribution is -0.908. The number of carboxylic acids is 1. The van der Waals surface area contributed by atoms with Crippen molar-refractivity contribution in [2.75, 3.05) is 32.8 Å². The number of carbonyl (C=O) groups excluding carboxylic acids is 2. The van der Waals surface area contributed by atoms with E-state index in [0.717, 1.165) is 90.7 Å². The van der Waals surface area contributed by atoms with E-state index in [0.29, 0.717) is 23.8 Å². The van der Waals surface area contributed by atoms with Gasteiger partial charge in [-0.15, -0.1) is 0 Å². The maximum Gasteiger partial charge on any atom is 0.260 e. The maximum atomic E-state index is 13.3. The zero-order chi connectivity index (χ0) is 35.8. The number of unbranched alkanes of at least 4 members (excludes halogenated alkanes) is 7. The molecule has 1 N–H and O–H groups in total. The van der Waals surface area contributed by atoms with Crippen LogP contribution in [0.2, 0.25) is 0 Å². The van der Waals surface area contributed by atoms with Gasteiger partial charge >= 0.3 is 0 Å². The summed E-state index contributed by atoms with van der Waals surface area (Å²) in [5.41, 5.74) is 4.34. The zero-order valence-corrected chi connectivity index (χ0v) is 32.1. The minimum Gasteiger partial charge on any atom is -0.550 e. The number of hydrogen-bond acceptors (Lipinski definition) is 7. The van der Waals surface area contributed by atoms with Gasteiger partial charge in [-0.25, -0.2) is 0 Å². The van der Waals surface area contributed by atoms with Crippen LogP contribution in [0.15, 0.2) is 46.2 Å². The lowest BCUT2D eigenvalue weighted by Crippen LogP contribution is -2.57. The third-order valence-electron chi connectivity index (χ3n) is 10.2. The van der Waals surface area contributed by atoms with E-state index >= 15 is 0 Å². The van der Waals surface area contributed by atoms with Crippen molar-refractivity contribution in [3.63, 3.8) is 0 Å². The Kier molecular flexibility index (Phi) is 17.0. The minimum atomic E-state index is -0.911. The van der Waals surface area contributed by atoms with Crippen molar-refractivity contribution in [2.24, 2.45) is 11.1 Å². The molecule has 2 aromatic rings. The molecule has 10 heteroatoms. The predicted molar refractivity (Wildman–Crippen MR) is 196 cm³/mol. The number of oxime groups is 1. The van der Waals surface area contributed by atoms with Gasteiger partial charge in [-0.1, -0.05) is 85.1 Å². The molecule has 0 spiro atoms. The Morgan fingerprint density at radius 3 is 2.12 bits per heavy atom. The van der Waals surface area contributed by atoms with Crippen LogP contribution in [0.3, 0.4) is 0 Å².